The summed E-state index contributed by atoms with van der Waals surface area (Å²) < 4.78 is 29.9. The summed E-state index contributed by atoms with van der Waals surface area (Å²) in [4.78, 5) is 15.4. The quantitative estimate of drug-likeness (QED) is 0.202. The molecule has 208 valence electrons. The van der Waals surface area contributed by atoms with Gasteiger partial charge >= 0.3 is 0 Å². The van der Waals surface area contributed by atoms with Crippen LogP contribution in [0, 0.1) is 0 Å². The van der Waals surface area contributed by atoms with E-state index in [0.29, 0.717) is 40.1 Å². The van der Waals surface area contributed by atoms with Crippen LogP contribution in [-0.4, -0.2) is 34.2 Å². The average molecular weight is 607 g/mol. The molecule has 5 rings (SSSR count). The molecule has 5 aromatic rings. The highest BCUT2D eigenvalue weighted by molar-refractivity contribution is 7.92. The van der Waals surface area contributed by atoms with E-state index in [1.165, 1.54) is 24.3 Å². The molecule has 1 amide bonds. The van der Waals surface area contributed by atoms with E-state index in [0.717, 1.165) is 11.1 Å². The molecule has 0 fully saturated rings. The Balaban J connectivity index is 1.34. The number of hydrogen-bond donors (Lipinski definition) is 1. The number of para-hydroxylation sites is 1. The third-order valence-corrected chi connectivity index (χ3v) is 8.34. The molecule has 41 heavy (non-hydrogen) atoms. The molecule has 0 radical (unpaired) electrons. The van der Waals surface area contributed by atoms with Crippen molar-refractivity contribution in [1.82, 2.24) is 19.9 Å². The van der Waals surface area contributed by atoms with E-state index in [9.17, 15) is 13.2 Å². The van der Waals surface area contributed by atoms with Crippen LogP contribution in [0.3, 0.4) is 0 Å². The number of nitrogens with zero attached hydrogens (tertiary/aromatic N) is 4. The van der Waals surface area contributed by atoms with E-state index >= 15 is 0 Å². The molecule has 1 aromatic heterocycles. The van der Waals surface area contributed by atoms with Crippen LogP contribution < -0.4 is 4.72 Å². The Morgan fingerprint density at radius 1 is 0.805 bits per heavy atom. The molecule has 0 saturated carbocycles. The fraction of sp³-hybridized carbons (Fsp3) is 0.100. The van der Waals surface area contributed by atoms with Crippen molar-refractivity contribution in [3.8, 4) is 0 Å². The minimum Gasteiger partial charge on any atom is -0.328 e. The third-order valence-electron chi connectivity index (χ3n) is 6.21. The van der Waals surface area contributed by atoms with Gasteiger partial charge in [-0.25, -0.2) is 13.1 Å². The van der Waals surface area contributed by atoms with Gasteiger partial charge in [0.15, 0.2) is 0 Å². The SMILES string of the molecule is O=C(c1ccc(S(=O)(=O)Nc2ccccc2)cc1)N(Cc1ccccc1)Cc1cn(Cc2ccc(Cl)c(Cl)c2)nn1. The standard InChI is InChI=1S/C30H25Cl2N5O3S/c31-28-16-11-23(17-29(28)32)19-37-21-26(33-35-37)20-36(18-22-7-3-1-4-8-22)30(38)24-12-14-27(15-13-24)41(39,40)34-25-9-5-2-6-10-25/h1-17,21,34H,18-20H2. The monoisotopic (exact) mass is 605 g/mol. The van der Waals surface area contributed by atoms with Crippen LogP contribution in [0.4, 0.5) is 5.69 Å². The smallest absolute Gasteiger partial charge is 0.261 e. The summed E-state index contributed by atoms with van der Waals surface area (Å²) in [7, 11) is -3.81. The number of hydrogen-bond acceptors (Lipinski definition) is 5. The van der Waals surface area contributed by atoms with Crippen LogP contribution >= 0.6 is 23.2 Å². The zero-order chi connectivity index (χ0) is 28.8. The lowest BCUT2D eigenvalue weighted by atomic mass is 10.1. The number of nitrogens with one attached hydrogen (secondary N) is 1. The van der Waals surface area contributed by atoms with Gasteiger partial charge in [0.25, 0.3) is 15.9 Å². The van der Waals surface area contributed by atoms with Gasteiger partial charge < -0.3 is 4.90 Å². The molecule has 0 saturated heterocycles. The van der Waals surface area contributed by atoms with Crippen LogP contribution in [0.1, 0.15) is 27.2 Å². The highest BCUT2D eigenvalue weighted by Gasteiger charge is 2.20. The maximum Gasteiger partial charge on any atom is 0.261 e. The zero-order valence-corrected chi connectivity index (χ0v) is 24.0. The number of halogens is 2. The molecule has 0 spiro atoms. The number of benzene rings is 4. The van der Waals surface area contributed by atoms with Crippen LogP contribution in [0.2, 0.25) is 10.0 Å². The second kappa shape index (κ2) is 12.6. The normalized spacial score (nSPS) is 11.3. The first-order valence-corrected chi connectivity index (χ1v) is 14.8. The molecule has 0 aliphatic heterocycles. The number of carbonyl (C=O) groups is 1. The molecule has 8 nitrogen and oxygen atoms in total. The Bertz CT molecular complexity index is 1750. The average Bonchev–Trinajstić information content (AvgIpc) is 3.42. The summed E-state index contributed by atoms with van der Waals surface area (Å²) in [6, 6.07) is 29.5. The van der Waals surface area contributed by atoms with Crippen molar-refractivity contribution in [2.45, 2.75) is 24.5 Å². The Morgan fingerprint density at radius 2 is 1.49 bits per heavy atom. The fourth-order valence-corrected chi connectivity index (χ4v) is 5.57. The number of amides is 1. The van der Waals surface area contributed by atoms with Gasteiger partial charge in [-0.2, -0.15) is 0 Å². The molecule has 0 bridgehead atoms. The van der Waals surface area contributed by atoms with Gasteiger partial charge in [-0.05, 0) is 59.7 Å². The van der Waals surface area contributed by atoms with Crippen molar-refractivity contribution in [3.63, 3.8) is 0 Å². The number of carbonyl (C=O) groups excluding carboxylic acids is 1. The number of aromatic nitrogens is 3. The van der Waals surface area contributed by atoms with Crippen molar-refractivity contribution in [1.29, 1.82) is 0 Å². The van der Waals surface area contributed by atoms with Crippen molar-refractivity contribution in [3.05, 3.63) is 142 Å². The predicted molar refractivity (Wildman–Crippen MR) is 159 cm³/mol. The van der Waals surface area contributed by atoms with Gasteiger partial charge in [0.2, 0.25) is 0 Å². The van der Waals surface area contributed by atoms with Crippen molar-refractivity contribution < 1.29 is 13.2 Å². The van der Waals surface area contributed by atoms with Crippen LogP contribution in [0.25, 0.3) is 0 Å². The second-order valence-corrected chi connectivity index (χ2v) is 11.8. The first-order chi connectivity index (χ1) is 19.8. The summed E-state index contributed by atoms with van der Waals surface area (Å²) >= 11 is 12.2. The van der Waals surface area contributed by atoms with E-state index in [4.69, 9.17) is 23.2 Å². The van der Waals surface area contributed by atoms with Gasteiger partial charge in [-0.3, -0.25) is 9.52 Å². The predicted octanol–water partition coefficient (Wildman–Crippen LogP) is 6.28. The summed E-state index contributed by atoms with van der Waals surface area (Å²) in [6.07, 6.45) is 1.78. The Labute approximate surface area is 248 Å². The van der Waals surface area contributed by atoms with Gasteiger partial charge in [-0.1, -0.05) is 83.0 Å². The minimum atomic E-state index is -3.81. The number of rotatable bonds is 10. The van der Waals surface area contributed by atoms with E-state index < -0.39 is 10.0 Å². The number of sulfonamides is 1. The van der Waals surface area contributed by atoms with Crippen molar-refractivity contribution in [2.75, 3.05) is 4.72 Å². The van der Waals surface area contributed by atoms with E-state index in [-0.39, 0.29) is 17.3 Å². The molecule has 0 aliphatic carbocycles. The maximum atomic E-state index is 13.7. The van der Waals surface area contributed by atoms with Crippen LogP contribution in [0.5, 0.6) is 0 Å². The number of anilines is 1. The first kappa shape index (κ1) is 28.4. The molecule has 0 unspecified atom stereocenters. The lowest BCUT2D eigenvalue weighted by Crippen LogP contribution is -2.30. The van der Waals surface area contributed by atoms with Crippen molar-refractivity contribution in [2.24, 2.45) is 0 Å². The summed E-state index contributed by atoms with van der Waals surface area (Å²) in [5.41, 5.74) is 3.25. The highest BCUT2D eigenvalue weighted by Crippen LogP contribution is 2.23. The fourth-order valence-electron chi connectivity index (χ4n) is 4.19. The van der Waals surface area contributed by atoms with Crippen LogP contribution in [-0.2, 0) is 29.7 Å². The molecular formula is C30H25Cl2N5O3S. The lowest BCUT2D eigenvalue weighted by molar-refractivity contribution is 0.0727. The lowest BCUT2D eigenvalue weighted by Gasteiger charge is -2.22. The largest absolute Gasteiger partial charge is 0.328 e. The van der Waals surface area contributed by atoms with E-state index in [1.807, 2.05) is 36.4 Å². The van der Waals surface area contributed by atoms with Crippen LogP contribution in [0.15, 0.2) is 114 Å². The topological polar surface area (TPSA) is 97.2 Å². The summed E-state index contributed by atoms with van der Waals surface area (Å²) in [5, 5.41) is 9.41. The third kappa shape index (κ3) is 7.32. The van der Waals surface area contributed by atoms with Gasteiger partial charge in [-0.15, -0.1) is 5.10 Å². The Hall–Kier alpha value is -4.18. The summed E-state index contributed by atoms with van der Waals surface area (Å²) in [5.74, 6) is -0.271. The molecule has 1 N–H and O–H groups in total. The van der Waals surface area contributed by atoms with Gasteiger partial charge in [0.1, 0.15) is 5.69 Å². The van der Waals surface area contributed by atoms with E-state index in [2.05, 4.69) is 15.0 Å². The van der Waals surface area contributed by atoms with E-state index in [1.54, 1.807) is 58.2 Å². The van der Waals surface area contributed by atoms with Crippen molar-refractivity contribution >= 4 is 44.8 Å². The van der Waals surface area contributed by atoms with Gasteiger partial charge in [0.05, 0.1) is 34.2 Å². The summed E-state index contributed by atoms with van der Waals surface area (Å²) in [6.45, 7) is 0.961. The van der Waals surface area contributed by atoms with Gasteiger partial charge in [0, 0.05) is 17.8 Å². The molecule has 4 aromatic carbocycles. The molecule has 1 heterocycles. The second-order valence-electron chi connectivity index (χ2n) is 9.30. The molecule has 0 atom stereocenters. The maximum absolute atomic E-state index is 13.7. The Morgan fingerprint density at radius 3 is 2.17 bits per heavy atom. The molecular weight excluding hydrogens is 581 g/mol. The zero-order valence-electron chi connectivity index (χ0n) is 21.7. The molecule has 11 heteroatoms. The Kier molecular flexibility index (Phi) is 8.68. The first-order valence-electron chi connectivity index (χ1n) is 12.6. The highest BCUT2D eigenvalue weighted by atomic mass is 35.5. The molecule has 0 aliphatic rings. The minimum absolute atomic E-state index is 0.0535.